The van der Waals surface area contributed by atoms with E-state index in [1.807, 2.05) is 34.4 Å². The van der Waals surface area contributed by atoms with Crippen LogP contribution in [0, 0.1) is 6.92 Å². The van der Waals surface area contributed by atoms with Crippen LogP contribution in [0.3, 0.4) is 0 Å². The Balaban J connectivity index is 1.63. The molecule has 0 saturated carbocycles. The van der Waals surface area contributed by atoms with Gasteiger partial charge in [-0.3, -0.25) is 9.20 Å². The van der Waals surface area contributed by atoms with Gasteiger partial charge in [-0.15, -0.1) is 10.2 Å². The Morgan fingerprint density at radius 1 is 1.15 bits per heavy atom. The number of hydrogen-bond acceptors (Lipinski definition) is 5. The first-order valence-corrected chi connectivity index (χ1v) is 10.4. The minimum absolute atomic E-state index is 0.192. The number of nitrogens with zero attached hydrogens (tertiary/aromatic N) is 4. The van der Waals surface area contributed by atoms with E-state index in [2.05, 4.69) is 16.3 Å². The largest absolute Gasteiger partial charge is 0.497 e. The number of hydrogen-bond donors (Lipinski definition) is 0. The molecule has 1 saturated heterocycles. The van der Waals surface area contributed by atoms with Crippen molar-refractivity contribution < 1.29 is 9.53 Å². The van der Waals surface area contributed by atoms with Gasteiger partial charge in [0.05, 0.1) is 18.4 Å². The number of ether oxygens (including phenoxy) is 1. The van der Waals surface area contributed by atoms with Gasteiger partial charge in [0.15, 0.2) is 10.8 Å². The molecule has 3 heterocycles. The van der Waals surface area contributed by atoms with Crippen LogP contribution in [0.5, 0.6) is 5.75 Å². The van der Waals surface area contributed by atoms with Gasteiger partial charge in [0.2, 0.25) is 5.91 Å². The van der Waals surface area contributed by atoms with Crippen molar-refractivity contribution in [1.29, 1.82) is 0 Å². The average Bonchev–Trinajstić information content (AvgIpc) is 2.92. The van der Waals surface area contributed by atoms with Crippen LogP contribution in [0.1, 0.15) is 31.2 Å². The fourth-order valence-corrected chi connectivity index (χ4v) is 4.50. The first-order valence-electron chi connectivity index (χ1n) is 9.40. The first-order chi connectivity index (χ1) is 13.2. The number of fused-ring (bicyclic) bond motifs is 3. The summed E-state index contributed by atoms with van der Waals surface area (Å²) >= 11 is 1.47. The molecular weight excluding hydrogens is 360 g/mol. The minimum Gasteiger partial charge on any atom is -0.497 e. The highest BCUT2D eigenvalue weighted by atomic mass is 32.2. The Labute approximate surface area is 162 Å². The molecular formula is C20H24N4O2S. The van der Waals surface area contributed by atoms with E-state index in [1.165, 1.54) is 24.6 Å². The van der Waals surface area contributed by atoms with Crippen LogP contribution >= 0.6 is 11.8 Å². The number of pyridine rings is 1. The zero-order chi connectivity index (χ0) is 18.8. The van der Waals surface area contributed by atoms with Crippen molar-refractivity contribution in [3.8, 4) is 5.75 Å². The third-order valence-electron chi connectivity index (χ3n) is 5.12. The lowest BCUT2D eigenvalue weighted by molar-refractivity contribution is -0.128. The van der Waals surface area contributed by atoms with Crippen LogP contribution in [0.15, 0.2) is 29.4 Å². The molecule has 1 amide bonds. The Morgan fingerprint density at radius 3 is 2.67 bits per heavy atom. The van der Waals surface area contributed by atoms with E-state index in [-0.39, 0.29) is 5.91 Å². The number of amides is 1. The number of rotatable bonds is 4. The molecule has 0 aliphatic carbocycles. The van der Waals surface area contributed by atoms with Gasteiger partial charge in [0.25, 0.3) is 0 Å². The number of methoxy groups -OCH3 is 1. The molecule has 4 rings (SSSR count). The summed E-state index contributed by atoms with van der Waals surface area (Å²) in [7, 11) is 1.67. The topological polar surface area (TPSA) is 59.7 Å². The van der Waals surface area contributed by atoms with Gasteiger partial charge in [-0.05, 0) is 49.6 Å². The fourth-order valence-electron chi connectivity index (χ4n) is 3.65. The lowest BCUT2D eigenvalue weighted by atomic mass is 10.1. The summed E-state index contributed by atoms with van der Waals surface area (Å²) in [5.74, 6) is 1.41. The van der Waals surface area contributed by atoms with Gasteiger partial charge in [-0.2, -0.15) is 0 Å². The van der Waals surface area contributed by atoms with Gasteiger partial charge in [0.1, 0.15) is 5.75 Å². The molecule has 0 atom stereocenters. The SMILES string of the molecule is COc1ccc2c(c1)cc(C)c1nnc(SCC(=O)N3CCCCCC3)n12. The number of carbonyl (C=O) groups excluding carboxylic acids is 1. The second kappa shape index (κ2) is 7.76. The molecule has 1 aliphatic heterocycles. The zero-order valence-electron chi connectivity index (χ0n) is 15.8. The molecule has 2 aromatic heterocycles. The van der Waals surface area contributed by atoms with Crippen molar-refractivity contribution in [3.63, 3.8) is 0 Å². The van der Waals surface area contributed by atoms with E-state index in [4.69, 9.17) is 4.74 Å². The van der Waals surface area contributed by atoms with Crippen LogP contribution in [-0.2, 0) is 4.79 Å². The highest BCUT2D eigenvalue weighted by molar-refractivity contribution is 7.99. The van der Waals surface area contributed by atoms with Crippen LogP contribution in [0.25, 0.3) is 16.6 Å². The molecule has 0 unspecified atom stereocenters. The van der Waals surface area contributed by atoms with Crippen LogP contribution < -0.4 is 4.74 Å². The normalized spacial score (nSPS) is 15.3. The summed E-state index contributed by atoms with van der Waals surface area (Å²) in [5.41, 5.74) is 2.90. The molecule has 0 N–H and O–H groups in total. The first kappa shape index (κ1) is 18.1. The van der Waals surface area contributed by atoms with Gasteiger partial charge >= 0.3 is 0 Å². The molecule has 0 radical (unpaired) electrons. The summed E-state index contributed by atoms with van der Waals surface area (Å²) in [4.78, 5) is 14.6. The second-order valence-corrected chi connectivity index (χ2v) is 7.92. The van der Waals surface area contributed by atoms with E-state index < -0.39 is 0 Å². The van der Waals surface area contributed by atoms with Crippen molar-refractivity contribution >= 4 is 34.2 Å². The Kier molecular flexibility index (Phi) is 5.20. The second-order valence-electron chi connectivity index (χ2n) is 6.98. The third-order valence-corrected chi connectivity index (χ3v) is 6.03. The number of aromatic nitrogens is 3. The van der Waals surface area contributed by atoms with Crippen LogP contribution in [0.4, 0.5) is 0 Å². The predicted molar refractivity (Wildman–Crippen MR) is 108 cm³/mol. The van der Waals surface area contributed by atoms with Crippen LogP contribution in [-0.4, -0.2) is 51.4 Å². The maximum absolute atomic E-state index is 12.6. The van der Waals surface area contributed by atoms with Crippen molar-refractivity contribution in [3.05, 3.63) is 29.8 Å². The number of aryl methyl sites for hydroxylation is 1. The van der Waals surface area contributed by atoms with Crippen LogP contribution in [0.2, 0.25) is 0 Å². The van der Waals surface area contributed by atoms with E-state index in [0.29, 0.717) is 5.75 Å². The highest BCUT2D eigenvalue weighted by Gasteiger charge is 2.18. The van der Waals surface area contributed by atoms with Gasteiger partial charge < -0.3 is 9.64 Å². The molecule has 1 fully saturated rings. The van der Waals surface area contributed by atoms with Gasteiger partial charge in [-0.1, -0.05) is 24.6 Å². The van der Waals surface area contributed by atoms with E-state index in [1.54, 1.807) is 7.11 Å². The molecule has 6 nitrogen and oxygen atoms in total. The van der Waals surface area contributed by atoms with Crippen molar-refractivity contribution in [2.24, 2.45) is 0 Å². The van der Waals surface area contributed by atoms with Crippen molar-refractivity contribution in [2.45, 2.75) is 37.8 Å². The summed E-state index contributed by atoms with van der Waals surface area (Å²) < 4.78 is 7.39. The molecule has 27 heavy (non-hydrogen) atoms. The standard InChI is InChI=1S/C20H24N4O2S/c1-14-11-15-12-16(26-2)7-8-17(15)24-19(14)21-22-20(24)27-13-18(25)23-9-5-3-4-6-10-23/h7-8,11-12H,3-6,9-10,13H2,1-2H3. The predicted octanol–water partition coefficient (Wildman–Crippen LogP) is 3.69. The smallest absolute Gasteiger partial charge is 0.233 e. The maximum atomic E-state index is 12.6. The minimum atomic E-state index is 0.192. The number of benzene rings is 1. The van der Waals surface area contributed by atoms with E-state index in [0.717, 1.165) is 59.0 Å². The van der Waals surface area contributed by atoms with Crippen molar-refractivity contribution in [1.82, 2.24) is 19.5 Å². The molecule has 3 aromatic rings. The monoisotopic (exact) mass is 384 g/mol. The zero-order valence-corrected chi connectivity index (χ0v) is 16.6. The summed E-state index contributed by atoms with van der Waals surface area (Å²) in [6, 6.07) is 8.07. The molecule has 142 valence electrons. The average molecular weight is 385 g/mol. The Morgan fingerprint density at radius 2 is 1.93 bits per heavy atom. The molecule has 0 spiro atoms. The number of carbonyl (C=O) groups is 1. The summed E-state index contributed by atoms with van der Waals surface area (Å²) in [5, 5.41) is 10.5. The quantitative estimate of drug-likeness (QED) is 0.642. The Bertz CT molecular complexity index is 977. The molecule has 0 bridgehead atoms. The third kappa shape index (κ3) is 3.60. The fraction of sp³-hybridized carbons (Fsp3) is 0.450. The molecule has 1 aromatic carbocycles. The van der Waals surface area contributed by atoms with E-state index in [9.17, 15) is 4.79 Å². The van der Waals surface area contributed by atoms with E-state index >= 15 is 0 Å². The molecule has 1 aliphatic rings. The lowest BCUT2D eigenvalue weighted by Crippen LogP contribution is -2.33. The lowest BCUT2D eigenvalue weighted by Gasteiger charge is -2.19. The van der Waals surface area contributed by atoms with Gasteiger partial charge in [-0.25, -0.2) is 0 Å². The van der Waals surface area contributed by atoms with Crippen molar-refractivity contribution in [2.75, 3.05) is 26.0 Å². The number of thioether (sulfide) groups is 1. The maximum Gasteiger partial charge on any atom is 0.233 e. The summed E-state index contributed by atoms with van der Waals surface area (Å²) in [6.07, 6.45) is 4.66. The number of likely N-dealkylation sites (tertiary alicyclic amines) is 1. The highest BCUT2D eigenvalue weighted by Crippen LogP contribution is 2.28. The summed E-state index contributed by atoms with van der Waals surface area (Å²) in [6.45, 7) is 3.78. The van der Waals surface area contributed by atoms with Gasteiger partial charge in [0, 0.05) is 18.5 Å². The molecule has 7 heteroatoms. The Hall–Kier alpha value is -2.28.